The van der Waals surface area contributed by atoms with Gasteiger partial charge in [0.1, 0.15) is 22.3 Å². The van der Waals surface area contributed by atoms with Crippen molar-refractivity contribution in [2.24, 2.45) is 0 Å². The first kappa shape index (κ1) is 25.4. The van der Waals surface area contributed by atoms with Crippen LogP contribution in [0.5, 0.6) is 0 Å². The van der Waals surface area contributed by atoms with Gasteiger partial charge in [0.15, 0.2) is 0 Å². The lowest BCUT2D eigenvalue weighted by molar-refractivity contribution is 0.0819. The van der Waals surface area contributed by atoms with Crippen LogP contribution in [0.4, 0.5) is 17.3 Å². The maximum Gasteiger partial charge on any atom is 0.141 e. The zero-order valence-electron chi connectivity index (χ0n) is 15.9. The molecule has 3 aromatic heterocycles. The smallest absolute Gasteiger partial charge is 0.141 e. The lowest BCUT2D eigenvalue weighted by atomic mass is 10.1. The van der Waals surface area contributed by atoms with Gasteiger partial charge in [-0.3, -0.25) is 0 Å². The number of methoxy groups -OCH3 is 1. The standard InChI is InChI=1S/C19H21N5OS.3ClH/c1-25-15-7-10-24(11-8-15)14-5-6-17(21-13-14)23-18-4-2-3-16(22-18)19-20-9-12-26-19;;;/h2-6,9,12-13,15H,7-8,10-11H2,1H3,(H,21,22,23);3*1H. The summed E-state index contributed by atoms with van der Waals surface area (Å²) >= 11 is 1.58. The molecule has 1 saturated heterocycles. The third-order valence-corrected chi connectivity index (χ3v) is 5.34. The van der Waals surface area contributed by atoms with Crippen molar-refractivity contribution >= 4 is 65.9 Å². The minimum Gasteiger partial charge on any atom is -0.381 e. The van der Waals surface area contributed by atoms with Crippen LogP contribution in [0.2, 0.25) is 0 Å². The molecule has 0 saturated carbocycles. The number of thiazole rings is 1. The monoisotopic (exact) mass is 475 g/mol. The summed E-state index contributed by atoms with van der Waals surface area (Å²) in [5.74, 6) is 1.54. The van der Waals surface area contributed by atoms with Gasteiger partial charge < -0.3 is 15.0 Å². The number of rotatable bonds is 5. The van der Waals surface area contributed by atoms with Crippen molar-refractivity contribution in [2.75, 3.05) is 30.4 Å². The molecule has 0 bridgehead atoms. The fourth-order valence-electron chi connectivity index (χ4n) is 3.10. The molecule has 4 heterocycles. The van der Waals surface area contributed by atoms with E-state index >= 15 is 0 Å². The minimum atomic E-state index is 0. The topological polar surface area (TPSA) is 63.2 Å². The number of pyridine rings is 2. The molecule has 10 heteroatoms. The summed E-state index contributed by atoms with van der Waals surface area (Å²) in [7, 11) is 1.79. The second kappa shape index (κ2) is 12.1. The van der Waals surface area contributed by atoms with Gasteiger partial charge in [-0.15, -0.1) is 48.6 Å². The lowest BCUT2D eigenvalue weighted by Gasteiger charge is -2.32. The summed E-state index contributed by atoms with van der Waals surface area (Å²) in [6.07, 6.45) is 6.21. The fraction of sp³-hybridized carbons (Fsp3) is 0.316. The largest absolute Gasteiger partial charge is 0.381 e. The average Bonchev–Trinajstić information content (AvgIpc) is 3.24. The van der Waals surface area contributed by atoms with Crippen molar-refractivity contribution in [3.05, 3.63) is 48.1 Å². The lowest BCUT2D eigenvalue weighted by Crippen LogP contribution is -2.36. The maximum atomic E-state index is 5.43. The van der Waals surface area contributed by atoms with Crippen LogP contribution in [0.15, 0.2) is 48.1 Å². The van der Waals surface area contributed by atoms with Crippen molar-refractivity contribution < 1.29 is 4.74 Å². The van der Waals surface area contributed by atoms with Crippen LogP contribution in [-0.2, 0) is 4.74 Å². The zero-order chi connectivity index (χ0) is 17.8. The van der Waals surface area contributed by atoms with Gasteiger partial charge in [0, 0.05) is 31.8 Å². The van der Waals surface area contributed by atoms with Crippen LogP contribution >= 0.6 is 48.6 Å². The third kappa shape index (κ3) is 6.42. The van der Waals surface area contributed by atoms with Crippen molar-refractivity contribution in [2.45, 2.75) is 18.9 Å². The van der Waals surface area contributed by atoms with E-state index in [1.807, 2.05) is 35.8 Å². The first-order chi connectivity index (χ1) is 12.8. The number of nitrogens with one attached hydrogen (secondary N) is 1. The molecular formula is C19H24Cl3N5OS. The Bertz CT molecular complexity index is 843. The highest BCUT2D eigenvalue weighted by atomic mass is 35.5. The first-order valence-corrected chi connectivity index (χ1v) is 9.57. The first-order valence-electron chi connectivity index (χ1n) is 8.69. The molecule has 6 nitrogen and oxygen atoms in total. The quantitative estimate of drug-likeness (QED) is 0.544. The molecule has 4 rings (SSSR count). The Labute approximate surface area is 193 Å². The van der Waals surface area contributed by atoms with E-state index in [0.29, 0.717) is 6.10 Å². The second-order valence-corrected chi connectivity index (χ2v) is 7.09. The molecule has 0 atom stereocenters. The number of aromatic nitrogens is 3. The predicted octanol–water partition coefficient (Wildman–Crippen LogP) is 5.22. The molecule has 0 aliphatic carbocycles. The van der Waals surface area contributed by atoms with E-state index < -0.39 is 0 Å². The fourth-order valence-corrected chi connectivity index (χ4v) is 3.71. The van der Waals surface area contributed by atoms with Gasteiger partial charge in [-0.2, -0.15) is 0 Å². The average molecular weight is 477 g/mol. The Kier molecular flexibility index (Phi) is 10.6. The molecule has 0 unspecified atom stereocenters. The summed E-state index contributed by atoms with van der Waals surface area (Å²) in [6.45, 7) is 2.01. The minimum absolute atomic E-state index is 0. The number of hydrogen-bond acceptors (Lipinski definition) is 7. The maximum absolute atomic E-state index is 5.43. The molecule has 1 fully saturated rings. The molecule has 0 spiro atoms. The molecule has 0 amide bonds. The van der Waals surface area contributed by atoms with Crippen molar-refractivity contribution in [3.8, 4) is 10.7 Å². The Morgan fingerprint density at radius 3 is 2.45 bits per heavy atom. The van der Waals surface area contributed by atoms with Crippen LogP contribution in [0.1, 0.15) is 12.8 Å². The number of halogens is 3. The van der Waals surface area contributed by atoms with Gasteiger partial charge >= 0.3 is 0 Å². The van der Waals surface area contributed by atoms with Crippen LogP contribution in [0, 0.1) is 0 Å². The number of piperidine rings is 1. The molecule has 158 valence electrons. The SMILES string of the molecule is COC1CCN(c2ccc(Nc3cccc(-c4nccs4)n3)nc2)CC1.Cl.Cl.Cl. The summed E-state index contributed by atoms with van der Waals surface area (Å²) < 4.78 is 5.43. The van der Waals surface area contributed by atoms with Gasteiger partial charge in [-0.1, -0.05) is 6.07 Å². The van der Waals surface area contributed by atoms with Gasteiger partial charge in [0.2, 0.25) is 0 Å². The van der Waals surface area contributed by atoms with Gasteiger partial charge in [0.05, 0.1) is 18.0 Å². The molecular weight excluding hydrogens is 453 g/mol. The summed E-state index contributed by atoms with van der Waals surface area (Å²) in [4.78, 5) is 15.8. The van der Waals surface area contributed by atoms with Gasteiger partial charge in [-0.05, 0) is 37.1 Å². The Hall–Kier alpha value is -1.64. The van der Waals surface area contributed by atoms with E-state index in [1.165, 1.54) is 0 Å². The highest BCUT2D eigenvalue weighted by molar-refractivity contribution is 7.13. The third-order valence-electron chi connectivity index (χ3n) is 4.55. The van der Waals surface area contributed by atoms with Crippen LogP contribution < -0.4 is 10.2 Å². The molecule has 0 radical (unpaired) electrons. The Morgan fingerprint density at radius 2 is 1.83 bits per heavy atom. The van der Waals surface area contributed by atoms with E-state index in [4.69, 9.17) is 4.74 Å². The zero-order valence-corrected chi connectivity index (χ0v) is 19.1. The Balaban J connectivity index is 0.00000140. The normalized spacial score (nSPS) is 13.6. The van der Waals surface area contributed by atoms with Crippen LogP contribution in [-0.4, -0.2) is 41.3 Å². The van der Waals surface area contributed by atoms with E-state index in [0.717, 1.165) is 54.0 Å². The Morgan fingerprint density at radius 1 is 1.03 bits per heavy atom. The highest BCUT2D eigenvalue weighted by Gasteiger charge is 2.19. The van der Waals surface area contributed by atoms with Crippen molar-refractivity contribution in [1.82, 2.24) is 15.0 Å². The van der Waals surface area contributed by atoms with Gasteiger partial charge in [-0.25, -0.2) is 15.0 Å². The summed E-state index contributed by atoms with van der Waals surface area (Å²) in [5.41, 5.74) is 2.01. The van der Waals surface area contributed by atoms with E-state index in [2.05, 4.69) is 31.2 Å². The predicted molar refractivity (Wildman–Crippen MR) is 127 cm³/mol. The van der Waals surface area contributed by atoms with E-state index in [-0.39, 0.29) is 37.2 Å². The number of nitrogens with zero attached hydrogens (tertiary/aromatic N) is 4. The summed E-state index contributed by atoms with van der Waals surface area (Å²) in [5, 5.41) is 6.13. The van der Waals surface area contributed by atoms with Crippen molar-refractivity contribution in [1.29, 1.82) is 0 Å². The number of ether oxygens (including phenoxy) is 1. The molecule has 3 aromatic rings. The highest BCUT2D eigenvalue weighted by Crippen LogP contribution is 2.24. The van der Waals surface area contributed by atoms with Crippen LogP contribution in [0.3, 0.4) is 0 Å². The summed E-state index contributed by atoms with van der Waals surface area (Å²) in [6, 6.07) is 9.97. The molecule has 0 aromatic carbocycles. The number of anilines is 3. The number of hydrogen-bond donors (Lipinski definition) is 1. The van der Waals surface area contributed by atoms with Crippen LogP contribution in [0.25, 0.3) is 10.7 Å². The molecule has 1 aliphatic rings. The van der Waals surface area contributed by atoms with E-state index in [1.54, 1.807) is 24.6 Å². The second-order valence-electron chi connectivity index (χ2n) is 6.19. The molecule has 29 heavy (non-hydrogen) atoms. The van der Waals surface area contributed by atoms with Crippen molar-refractivity contribution in [3.63, 3.8) is 0 Å². The molecule has 1 aliphatic heterocycles. The molecule has 1 N–H and O–H groups in total. The van der Waals surface area contributed by atoms with E-state index in [9.17, 15) is 0 Å². The van der Waals surface area contributed by atoms with Gasteiger partial charge in [0.25, 0.3) is 0 Å².